The van der Waals surface area contributed by atoms with Crippen molar-refractivity contribution in [2.24, 2.45) is 5.92 Å². The Bertz CT molecular complexity index is 207. The lowest BCUT2D eigenvalue weighted by atomic mass is 10.1. The van der Waals surface area contributed by atoms with Crippen LogP contribution in [0.15, 0.2) is 11.8 Å². The standard InChI is InChI=1S/C13H25NO/c1-5-7-10-14-12(6-2)8-9-13(15)11(3)4/h8,11,14H,5-7,9-10H2,1-4H3. The largest absolute Gasteiger partial charge is 0.389 e. The summed E-state index contributed by atoms with van der Waals surface area (Å²) in [5.74, 6) is 0.466. The van der Waals surface area contributed by atoms with E-state index in [0.29, 0.717) is 12.2 Å². The molecule has 15 heavy (non-hydrogen) atoms. The van der Waals surface area contributed by atoms with Crippen LogP contribution in [0, 0.1) is 5.92 Å². The number of rotatable bonds is 8. The summed E-state index contributed by atoms with van der Waals surface area (Å²) in [5, 5.41) is 3.37. The molecule has 0 rings (SSSR count). The van der Waals surface area contributed by atoms with E-state index in [1.807, 2.05) is 19.9 Å². The second kappa shape index (κ2) is 8.51. The van der Waals surface area contributed by atoms with Crippen LogP contribution in [0.2, 0.25) is 0 Å². The molecule has 0 bridgehead atoms. The first kappa shape index (κ1) is 14.2. The summed E-state index contributed by atoms with van der Waals surface area (Å²) >= 11 is 0. The maximum absolute atomic E-state index is 11.4. The Morgan fingerprint density at radius 2 is 2.00 bits per heavy atom. The predicted octanol–water partition coefficient (Wildman–Crippen LogP) is 3.29. The van der Waals surface area contributed by atoms with E-state index < -0.39 is 0 Å². The predicted molar refractivity (Wildman–Crippen MR) is 65.7 cm³/mol. The Morgan fingerprint density at radius 1 is 1.33 bits per heavy atom. The molecule has 0 amide bonds. The fraction of sp³-hybridized carbons (Fsp3) is 0.769. The highest BCUT2D eigenvalue weighted by Crippen LogP contribution is 2.04. The summed E-state index contributed by atoms with van der Waals surface area (Å²) in [6, 6.07) is 0. The third-order valence-electron chi connectivity index (χ3n) is 2.46. The number of unbranched alkanes of at least 4 members (excludes halogenated alkanes) is 1. The number of ketones is 1. The van der Waals surface area contributed by atoms with Crippen LogP contribution in [-0.2, 0) is 4.79 Å². The van der Waals surface area contributed by atoms with Gasteiger partial charge in [-0.3, -0.25) is 4.79 Å². The molecular formula is C13H25NO. The van der Waals surface area contributed by atoms with Crippen molar-refractivity contribution >= 4 is 5.78 Å². The van der Waals surface area contributed by atoms with Crippen molar-refractivity contribution in [2.75, 3.05) is 6.54 Å². The third kappa shape index (κ3) is 7.18. The lowest BCUT2D eigenvalue weighted by Crippen LogP contribution is -2.15. The Balaban J connectivity index is 3.93. The molecule has 0 heterocycles. The lowest BCUT2D eigenvalue weighted by Gasteiger charge is -2.08. The SMILES string of the molecule is CCCCNC(=CCC(=O)C(C)C)CC. The summed E-state index contributed by atoms with van der Waals surface area (Å²) in [6.45, 7) is 9.22. The number of carbonyl (C=O) groups excluding carboxylic acids is 1. The van der Waals surface area contributed by atoms with Gasteiger partial charge in [-0.2, -0.15) is 0 Å². The van der Waals surface area contributed by atoms with Gasteiger partial charge in [-0.15, -0.1) is 0 Å². The van der Waals surface area contributed by atoms with E-state index in [9.17, 15) is 4.79 Å². The quantitative estimate of drug-likeness (QED) is 0.624. The van der Waals surface area contributed by atoms with E-state index in [1.54, 1.807) is 0 Å². The molecule has 0 aliphatic carbocycles. The van der Waals surface area contributed by atoms with Gasteiger partial charge in [0.1, 0.15) is 5.78 Å². The van der Waals surface area contributed by atoms with Crippen LogP contribution in [0.1, 0.15) is 53.4 Å². The molecular weight excluding hydrogens is 186 g/mol. The summed E-state index contributed by atoms with van der Waals surface area (Å²) < 4.78 is 0. The van der Waals surface area contributed by atoms with Crippen LogP contribution in [0.5, 0.6) is 0 Å². The first-order valence-corrected chi connectivity index (χ1v) is 6.07. The number of nitrogens with one attached hydrogen (secondary N) is 1. The Kier molecular flexibility index (Phi) is 8.06. The molecule has 0 unspecified atom stereocenters. The third-order valence-corrected chi connectivity index (χ3v) is 2.46. The fourth-order valence-corrected chi connectivity index (χ4v) is 1.23. The van der Waals surface area contributed by atoms with Crippen molar-refractivity contribution in [2.45, 2.75) is 53.4 Å². The molecule has 0 aromatic heterocycles. The van der Waals surface area contributed by atoms with Gasteiger partial charge in [0.05, 0.1) is 0 Å². The zero-order valence-corrected chi connectivity index (χ0v) is 10.6. The number of carbonyl (C=O) groups is 1. The van der Waals surface area contributed by atoms with Crippen LogP contribution >= 0.6 is 0 Å². The molecule has 1 N–H and O–H groups in total. The van der Waals surface area contributed by atoms with Crippen molar-refractivity contribution in [3.05, 3.63) is 11.8 Å². The molecule has 0 aromatic carbocycles. The van der Waals surface area contributed by atoms with Gasteiger partial charge < -0.3 is 5.32 Å². The van der Waals surface area contributed by atoms with Crippen molar-refractivity contribution in [3.8, 4) is 0 Å². The van der Waals surface area contributed by atoms with Crippen molar-refractivity contribution < 1.29 is 4.79 Å². The van der Waals surface area contributed by atoms with Gasteiger partial charge in [0, 0.05) is 24.6 Å². The first-order chi connectivity index (χ1) is 7.11. The molecule has 0 saturated carbocycles. The van der Waals surface area contributed by atoms with E-state index in [1.165, 1.54) is 18.5 Å². The minimum Gasteiger partial charge on any atom is -0.389 e. The summed E-state index contributed by atoms with van der Waals surface area (Å²) in [5.41, 5.74) is 1.21. The summed E-state index contributed by atoms with van der Waals surface area (Å²) in [7, 11) is 0. The van der Waals surface area contributed by atoms with Gasteiger partial charge in [-0.1, -0.05) is 40.2 Å². The molecule has 88 valence electrons. The smallest absolute Gasteiger partial charge is 0.139 e. The van der Waals surface area contributed by atoms with Crippen molar-refractivity contribution in [3.63, 3.8) is 0 Å². The second-order valence-corrected chi connectivity index (χ2v) is 4.19. The molecule has 0 atom stereocenters. The topological polar surface area (TPSA) is 29.1 Å². The normalized spacial score (nSPS) is 11.9. The van der Waals surface area contributed by atoms with E-state index in [0.717, 1.165) is 13.0 Å². The maximum Gasteiger partial charge on any atom is 0.139 e. The number of hydrogen-bond acceptors (Lipinski definition) is 2. The first-order valence-electron chi connectivity index (χ1n) is 6.07. The molecule has 0 aliphatic rings. The monoisotopic (exact) mass is 211 g/mol. The Hall–Kier alpha value is -0.790. The molecule has 2 heteroatoms. The highest BCUT2D eigenvalue weighted by Gasteiger charge is 2.04. The molecule has 2 nitrogen and oxygen atoms in total. The van der Waals surface area contributed by atoms with E-state index in [2.05, 4.69) is 19.2 Å². The average Bonchev–Trinajstić information content (AvgIpc) is 2.22. The highest BCUT2D eigenvalue weighted by atomic mass is 16.1. The van der Waals surface area contributed by atoms with Gasteiger partial charge >= 0.3 is 0 Å². The van der Waals surface area contributed by atoms with Crippen LogP contribution in [0.25, 0.3) is 0 Å². The zero-order valence-electron chi connectivity index (χ0n) is 10.6. The Morgan fingerprint density at radius 3 is 2.47 bits per heavy atom. The minimum absolute atomic E-state index is 0.148. The Labute approximate surface area is 94.1 Å². The second-order valence-electron chi connectivity index (χ2n) is 4.19. The van der Waals surface area contributed by atoms with Crippen LogP contribution in [0.4, 0.5) is 0 Å². The van der Waals surface area contributed by atoms with E-state index >= 15 is 0 Å². The molecule has 0 aromatic rings. The van der Waals surface area contributed by atoms with Crippen molar-refractivity contribution in [1.29, 1.82) is 0 Å². The average molecular weight is 211 g/mol. The van der Waals surface area contributed by atoms with E-state index in [4.69, 9.17) is 0 Å². The molecule has 0 fully saturated rings. The van der Waals surface area contributed by atoms with Crippen molar-refractivity contribution in [1.82, 2.24) is 5.32 Å². The van der Waals surface area contributed by atoms with E-state index in [-0.39, 0.29) is 5.92 Å². The molecule has 0 saturated heterocycles. The molecule has 0 radical (unpaired) electrons. The highest BCUT2D eigenvalue weighted by molar-refractivity contribution is 5.81. The summed E-state index contributed by atoms with van der Waals surface area (Å²) in [4.78, 5) is 11.4. The fourth-order valence-electron chi connectivity index (χ4n) is 1.23. The van der Waals surface area contributed by atoms with Gasteiger partial charge in [0.15, 0.2) is 0 Å². The lowest BCUT2D eigenvalue weighted by molar-refractivity contribution is -0.121. The van der Waals surface area contributed by atoms with Gasteiger partial charge in [0.2, 0.25) is 0 Å². The van der Waals surface area contributed by atoms with Gasteiger partial charge in [-0.25, -0.2) is 0 Å². The summed E-state index contributed by atoms with van der Waals surface area (Å²) in [6.07, 6.45) is 5.98. The number of allylic oxidation sites excluding steroid dienone is 2. The van der Waals surface area contributed by atoms with Crippen LogP contribution in [0.3, 0.4) is 0 Å². The van der Waals surface area contributed by atoms with Gasteiger partial charge in [0.25, 0.3) is 0 Å². The van der Waals surface area contributed by atoms with Gasteiger partial charge in [-0.05, 0) is 12.8 Å². The maximum atomic E-state index is 11.4. The number of hydrogen-bond donors (Lipinski definition) is 1. The minimum atomic E-state index is 0.148. The molecule has 0 spiro atoms. The van der Waals surface area contributed by atoms with Crippen LogP contribution in [-0.4, -0.2) is 12.3 Å². The molecule has 0 aliphatic heterocycles. The zero-order chi connectivity index (χ0) is 11.7. The van der Waals surface area contributed by atoms with Crippen LogP contribution < -0.4 is 5.32 Å². The number of Topliss-reactive ketones (excluding diaryl/α,β-unsaturated/α-hetero) is 1.